The van der Waals surface area contributed by atoms with Crippen LogP contribution in [0.1, 0.15) is 41.0 Å². The summed E-state index contributed by atoms with van der Waals surface area (Å²) in [4.78, 5) is 16.2. The summed E-state index contributed by atoms with van der Waals surface area (Å²) in [5.74, 6) is 0.835. The average molecular weight is 428 g/mol. The Balaban J connectivity index is 0. The summed E-state index contributed by atoms with van der Waals surface area (Å²) in [7, 11) is 0. The monoisotopic (exact) mass is 428 g/mol. The van der Waals surface area contributed by atoms with Crippen molar-refractivity contribution in [3.8, 4) is 0 Å². The first-order valence-corrected chi connectivity index (χ1v) is 7.80. The molecule has 0 aromatic rings. The van der Waals surface area contributed by atoms with E-state index in [1.165, 1.54) is 0 Å². The number of rotatable bonds is 9. The van der Waals surface area contributed by atoms with Crippen LogP contribution in [0.2, 0.25) is 0 Å². The molecule has 0 unspecified atom stereocenters. The van der Waals surface area contributed by atoms with Crippen LogP contribution in [-0.4, -0.2) is 51.3 Å². The van der Waals surface area contributed by atoms with Crippen molar-refractivity contribution in [2.45, 2.75) is 41.0 Å². The second-order valence-electron chi connectivity index (χ2n) is 5.74. The van der Waals surface area contributed by atoms with E-state index in [1.807, 2.05) is 34.6 Å². The maximum absolute atomic E-state index is 11.7. The second-order valence-corrected chi connectivity index (χ2v) is 5.74. The van der Waals surface area contributed by atoms with E-state index in [1.54, 1.807) is 0 Å². The van der Waals surface area contributed by atoms with Crippen LogP contribution in [0.3, 0.4) is 0 Å². The smallest absolute Gasteiger partial charge is 0.225 e. The number of ether oxygens (including phenoxy) is 1. The molecule has 0 spiro atoms. The Morgan fingerprint density at radius 2 is 1.73 bits per heavy atom. The van der Waals surface area contributed by atoms with Crippen LogP contribution in [0.4, 0.5) is 0 Å². The number of nitrogens with zero attached hydrogens (tertiary/aromatic N) is 1. The predicted molar refractivity (Wildman–Crippen MR) is 103 cm³/mol. The summed E-state index contributed by atoms with van der Waals surface area (Å²) in [6.45, 7) is 14.0. The number of aliphatic imine (C=N–C) groups is 1. The van der Waals surface area contributed by atoms with Crippen LogP contribution in [-0.2, 0) is 9.53 Å². The van der Waals surface area contributed by atoms with Gasteiger partial charge in [-0.1, -0.05) is 20.8 Å². The summed E-state index contributed by atoms with van der Waals surface area (Å²) >= 11 is 0. The molecule has 0 fully saturated rings. The van der Waals surface area contributed by atoms with E-state index in [4.69, 9.17) is 4.74 Å². The van der Waals surface area contributed by atoms with E-state index in [-0.39, 0.29) is 35.3 Å². The fourth-order valence-electron chi connectivity index (χ4n) is 1.47. The molecule has 0 heterocycles. The summed E-state index contributed by atoms with van der Waals surface area (Å²) in [5, 5.41) is 9.28. The van der Waals surface area contributed by atoms with Crippen molar-refractivity contribution in [1.29, 1.82) is 0 Å². The third kappa shape index (κ3) is 13.1. The van der Waals surface area contributed by atoms with Gasteiger partial charge < -0.3 is 20.7 Å². The quantitative estimate of drug-likeness (QED) is 0.227. The minimum Gasteiger partial charge on any atom is -0.382 e. The molecule has 0 atom stereocenters. The van der Waals surface area contributed by atoms with Crippen LogP contribution >= 0.6 is 24.0 Å². The molecule has 1 amide bonds. The van der Waals surface area contributed by atoms with E-state index in [2.05, 4.69) is 20.9 Å². The maximum atomic E-state index is 11.7. The first-order valence-electron chi connectivity index (χ1n) is 7.80. The Morgan fingerprint density at radius 1 is 1.09 bits per heavy atom. The lowest BCUT2D eigenvalue weighted by molar-refractivity contribution is -0.128. The molecule has 0 saturated carbocycles. The lowest BCUT2D eigenvalue weighted by atomic mass is 9.96. The molecule has 0 saturated heterocycles. The highest BCUT2D eigenvalue weighted by Gasteiger charge is 2.20. The first-order chi connectivity index (χ1) is 9.91. The van der Waals surface area contributed by atoms with Gasteiger partial charge >= 0.3 is 0 Å². The molecule has 0 bridgehead atoms. The van der Waals surface area contributed by atoms with Gasteiger partial charge in [-0.3, -0.25) is 9.79 Å². The number of amides is 1. The minimum absolute atomic E-state index is 0. The average Bonchev–Trinajstić information content (AvgIpc) is 2.41. The Kier molecular flexibility index (Phi) is 15.1. The first kappa shape index (κ1) is 23.7. The highest BCUT2D eigenvalue weighted by atomic mass is 127. The van der Waals surface area contributed by atoms with Crippen molar-refractivity contribution in [3.05, 3.63) is 0 Å². The van der Waals surface area contributed by atoms with Gasteiger partial charge in [0.15, 0.2) is 5.96 Å². The van der Waals surface area contributed by atoms with Gasteiger partial charge in [0.05, 0.1) is 0 Å². The normalized spacial score (nSPS) is 11.6. The van der Waals surface area contributed by atoms with Crippen molar-refractivity contribution in [2.75, 3.05) is 39.4 Å². The third-order valence-corrected chi connectivity index (χ3v) is 2.65. The Hall–Kier alpha value is -0.570. The van der Waals surface area contributed by atoms with Crippen molar-refractivity contribution in [2.24, 2.45) is 10.4 Å². The summed E-state index contributed by atoms with van der Waals surface area (Å²) < 4.78 is 5.27. The van der Waals surface area contributed by atoms with Crippen molar-refractivity contribution < 1.29 is 9.53 Å². The van der Waals surface area contributed by atoms with Gasteiger partial charge in [0.2, 0.25) is 5.91 Å². The summed E-state index contributed by atoms with van der Waals surface area (Å²) in [6.07, 6.45) is 0.908. The van der Waals surface area contributed by atoms with E-state index in [0.29, 0.717) is 13.1 Å². The lowest BCUT2D eigenvalue weighted by Gasteiger charge is -2.18. The fourth-order valence-corrected chi connectivity index (χ4v) is 1.47. The largest absolute Gasteiger partial charge is 0.382 e. The minimum atomic E-state index is -0.349. The highest BCUT2D eigenvalue weighted by Crippen LogP contribution is 2.11. The number of guanidine groups is 1. The topological polar surface area (TPSA) is 74.8 Å². The van der Waals surface area contributed by atoms with Gasteiger partial charge in [0.1, 0.15) is 0 Å². The highest BCUT2D eigenvalue weighted by molar-refractivity contribution is 14.0. The Bertz CT molecular complexity index is 317. The maximum Gasteiger partial charge on any atom is 0.225 e. The molecule has 6 nitrogen and oxygen atoms in total. The zero-order valence-corrected chi connectivity index (χ0v) is 17.0. The van der Waals surface area contributed by atoms with Gasteiger partial charge in [0.25, 0.3) is 0 Å². The van der Waals surface area contributed by atoms with Gasteiger partial charge in [-0.05, 0) is 20.3 Å². The Morgan fingerprint density at radius 3 is 2.27 bits per heavy atom. The number of halogens is 1. The molecule has 0 aromatic carbocycles. The van der Waals surface area contributed by atoms with Crippen LogP contribution < -0.4 is 16.0 Å². The predicted octanol–water partition coefficient (Wildman–Crippen LogP) is 1.75. The molecule has 0 aliphatic heterocycles. The number of hydrogen-bond acceptors (Lipinski definition) is 3. The molecule has 132 valence electrons. The van der Waals surface area contributed by atoms with E-state index in [0.717, 1.165) is 38.7 Å². The SMILES string of the molecule is CCNC(=NCCCOCC)NCCNC(=O)C(C)(C)C.I. The van der Waals surface area contributed by atoms with Crippen molar-refractivity contribution in [1.82, 2.24) is 16.0 Å². The van der Waals surface area contributed by atoms with Crippen molar-refractivity contribution in [3.63, 3.8) is 0 Å². The van der Waals surface area contributed by atoms with Crippen molar-refractivity contribution >= 4 is 35.8 Å². The van der Waals surface area contributed by atoms with E-state index in [9.17, 15) is 4.79 Å². The summed E-state index contributed by atoms with van der Waals surface area (Å²) in [6, 6.07) is 0. The molecule has 3 N–H and O–H groups in total. The molecule has 0 aliphatic rings. The number of carbonyl (C=O) groups excluding carboxylic acids is 1. The molecular formula is C15H33IN4O2. The zero-order chi connectivity index (χ0) is 16.1. The molecule has 0 rings (SSSR count). The Labute approximate surface area is 152 Å². The van der Waals surface area contributed by atoms with Crippen LogP contribution in [0.25, 0.3) is 0 Å². The van der Waals surface area contributed by atoms with E-state index >= 15 is 0 Å². The fraction of sp³-hybridized carbons (Fsp3) is 0.867. The molecule has 0 aromatic heterocycles. The number of hydrogen-bond donors (Lipinski definition) is 3. The molecular weight excluding hydrogens is 395 g/mol. The zero-order valence-electron chi connectivity index (χ0n) is 14.6. The van der Waals surface area contributed by atoms with Crippen LogP contribution in [0.5, 0.6) is 0 Å². The molecule has 0 radical (unpaired) electrons. The van der Waals surface area contributed by atoms with Gasteiger partial charge in [-0.15, -0.1) is 24.0 Å². The van der Waals surface area contributed by atoms with E-state index < -0.39 is 0 Å². The second kappa shape index (κ2) is 14.0. The van der Waals surface area contributed by atoms with Gasteiger partial charge in [-0.2, -0.15) is 0 Å². The molecule has 22 heavy (non-hydrogen) atoms. The van der Waals surface area contributed by atoms with Crippen LogP contribution in [0, 0.1) is 5.41 Å². The molecule has 0 aliphatic carbocycles. The third-order valence-electron chi connectivity index (χ3n) is 2.65. The van der Waals surface area contributed by atoms with Gasteiger partial charge in [0, 0.05) is 44.8 Å². The number of nitrogens with one attached hydrogen (secondary N) is 3. The lowest BCUT2D eigenvalue weighted by Crippen LogP contribution is -2.43. The van der Waals surface area contributed by atoms with Crippen LogP contribution in [0.15, 0.2) is 4.99 Å². The van der Waals surface area contributed by atoms with Gasteiger partial charge in [-0.25, -0.2) is 0 Å². The standard InChI is InChI=1S/C15H32N4O2.HI/c1-6-16-14(18-9-8-12-21-7-2)19-11-10-17-13(20)15(3,4)5;/h6-12H2,1-5H3,(H,17,20)(H2,16,18,19);1H. The molecule has 7 heteroatoms. The summed E-state index contributed by atoms with van der Waals surface area (Å²) in [5.41, 5.74) is -0.349. The number of carbonyl (C=O) groups is 1.